The number of halogens is 2. The van der Waals surface area contributed by atoms with Gasteiger partial charge in [0.2, 0.25) is 5.91 Å². The lowest BCUT2D eigenvalue weighted by Gasteiger charge is -2.49. The van der Waals surface area contributed by atoms with Crippen molar-refractivity contribution in [3.63, 3.8) is 0 Å². The van der Waals surface area contributed by atoms with Gasteiger partial charge in [-0.3, -0.25) is 4.79 Å². The SMILES string of the molecule is CCC(O[Si](C)(C)C(C)(C)C)[C@@H]1C(=O)N2[C@@H]1SC(C)(C)[C@@H]2C(=O)OCC(Cl)Cl. The highest BCUT2D eigenvalue weighted by atomic mass is 35.5. The van der Waals surface area contributed by atoms with Gasteiger partial charge in [0.15, 0.2) is 8.32 Å². The van der Waals surface area contributed by atoms with Crippen LogP contribution in [0.4, 0.5) is 0 Å². The van der Waals surface area contributed by atoms with Gasteiger partial charge in [-0.15, -0.1) is 35.0 Å². The van der Waals surface area contributed by atoms with Gasteiger partial charge >= 0.3 is 5.97 Å². The highest BCUT2D eigenvalue weighted by Gasteiger charge is 2.66. The van der Waals surface area contributed by atoms with E-state index in [0.717, 1.165) is 6.42 Å². The summed E-state index contributed by atoms with van der Waals surface area (Å²) in [4.78, 5) is 26.6. The van der Waals surface area contributed by atoms with E-state index in [1.165, 1.54) is 0 Å². The minimum atomic E-state index is -2.01. The lowest BCUT2D eigenvalue weighted by atomic mass is 9.87. The molecule has 0 saturated carbocycles. The van der Waals surface area contributed by atoms with Gasteiger partial charge in [-0.1, -0.05) is 27.7 Å². The van der Waals surface area contributed by atoms with E-state index in [1.807, 2.05) is 13.8 Å². The summed E-state index contributed by atoms with van der Waals surface area (Å²) in [6.07, 6.45) is 0.631. The lowest BCUT2D eigenvalue weighted by Crippen LogP contribution is -2.66. The van der Waals surface area contributed by atoms with Crippen molar-refractivity contribution in [3.05, 3.63) is 0 Å². The molecule has 2 saturated heterocycles. The van der Waals surface area contributed by atoms with Crippen LogP contribution in [0.5, 0.6) is 0 Å². The first-order valence-corrected chi connectivity index (χ1v) is 14.4. The topological polar surface area (TPSA) is 55.8 Å². The molecule has 0 aliphatic carbocycles. The maximum absolute atomic E-state index is 13.1. The third kappa shape index (κ3) is 4.53. The van der Waals surface area contributed by atoms with Crippen LogP contribution in [0, 0.1) is 5.92 Å². The van der Waals surface area contributed by atoms with E-state index in [9.17, 15) is 9.59 Å². The Hall–Kier alpha value is 0.0469. The Labute approximate surface area is 184 Å². The molecule has 0 bridgehead atoms. The molecular weight excluding hydrogens is 437 g/mol. The molecule has 2 rings (SSSR count). The van der Waals surface area contributed by atoms with Crippen molar-refractivity contribution in [2.24, 2.45) is 5.92 Å². The Morgan fingerprint density at radius 2 is 1.89 bits per heavy atom. The zero-order chi connectivity index (χ0) is 21.7. The van der Waals surface area contributed by atoms with Crippen molar-refractivity contribution in [1.29, 1.82) is 0 Å². The van der Waals surface area contributed by atoms with Crippen LogP contribution >= 0.6 is 35.0 Å². The van der Waals surface area contributed by atoms with Gasteiger partial charge in [0.25, 0.3) is 0 Å². The van der Waals surface area contributed by atoms with Crippen LogP contribution < -0.4 is 0 Å². The van der Waals surface area contributed by atoms with Gasteiger partial charge in [-0.2, -0.15) is 0 Å². The summed E-state index contributed by atoms with van der Waals surface area (Å²) in [7, 11) is -2.01. The second-order valence-electron chi connectivity index (χ2n) is 9.63. The molecule has 0 spiro atoms. The van der Waals surface area contributed by atoms with Gasteiger partial charge in [-0.25, -0.2) is 4.79 Å². The predicted molar refractivity (Wildman–Crippen MR) is 118 cm³/mol. The molecule has 2 fully saturated rings. The van der Waals surface area contributed by atoms with E-state index >= 15 is 0 Å². The zero-order valence-corrected chi connectivity index (χ0v) is 21.4. The second-order valence-corrected chi connectivity index (χ2v) is 17.4. The van der Waals surface area contributed by atoms with Gasteiger partial charge in [-0.05, 0) is 38.4 Å². The van der Waals surface area contributed by atoms with Gasteiger partial charge in [0.05, 0.1) is 17.4 Å². The number of esters is 1. The second kappa shape index (κ2) is 8.29. The van der Waals surface area contributed by atoms with Crippen LogP contribution in [-0.4, -0.2) is 58.8 Å². The molecule has 4 atom stereocenters. The number of nitrogens with zero attached hydrogens (tertiary/aromatic N) is 1. The number of fused-ring (bicyclic) bond motifs is 1. The summed E-state index contributed by atoms with van der Waals surface area (Å²) in [6.45, 7) is 16.9. The average molecular weight is 471 g/mol. The van der Waals surface area contributed by atoms with E-state index in [4.69, 9.17) is 32.4 Å². The molecule has 162 valence electrons. The van der Waals surface area contributed by atoms with Gasteiger partial charge in [0, 0.05) is 4.75 Å². The number of rotatable bonds is 7. The standard InChI is InChI=1S/C19H33Cl2NO4SSi/c1-9-11(26-28(7,8)18(2,3)4)13-15(23)22-14(17(24)25-10-12(20)21)19(5,6)27-16(13)22/h11-14,16H,9-10H2,1-8H3/t11?,13-,14+,16-/m1/s1. The molecular formula is C19H33Cl2NO4SSi. The zero-order valence-electron chi connectivity index (χ0n) is 18.0. The van der Waals surface area contributed by atoms with Crippen molar-refractivity contribution < 1.29 is 18.8 Å². The first kappa shape index (κ1) is 24.3. The molecule has 0 aromatic heterocycles. The Kier molecular flexibility index (Phi) is 7.20. The Morgan fingerprint density at radius 1 is 1.32 bits per heavy atom. The van der Waals surface area contributed by atoms with E-state index in [0.29, 0.717) is 0 Å². The summed E-state index contributed by atoms with van der Waals surface area (Å²) >= 11 is 13.0. The summed E-state index contributed by atoms with van der Waals surface area (Å²) in [6, 6.07) is -0.635. The van der Waals surface area contributed by atoms with Crippen LogP contribution in [0.25, 0.3) is 0 Å². The highest BCUT2D eigenvalue weighted by Crippen LogP contribution is 2.55. The number of β-lactam (4-membered cyclic amide) rings is 1. The number of carbonyl (C=O) groups is 2. The maximum atomic E-state index is 13.1. The molecule has 28 heavy (non-hydrogen) atoms. The smallest absolute Gasteiger partial charge is 0.330 e. The predicted octanol–water partition coefficient (Wildman–Crippen LogP) is 4.81. The van der Waals surface area contributed by atoms with Crippen LogP contribution in [-0.2, 0) is 18.8 Å². The van der Waals surface area contributed by atoms with Crippen molar-refractivity contribution in [1.82, 2.24) is 4.90 Å². The average Bonchev–Trinajstić information content (AvgIpc) is 2.78. The number of carbonyl (C=O) groups excluding carboxylic acids is 2. The molecule has 2 aliphatic heterocycles. The van der Waals surface area contributed by atoms with Crippen LogP contribution in [0.15, 0.2) is 0 Å². The largest absolute Gasteiger partial charge is 0.461 e. The molecule has 0 N–H and O–H groups in total. The van der Waals surface area contributed by atoms with E-state index < -0.39 is 29.9 Å². The van der Waals surface area contributed by atoms with Crippen molar-refractivity contribution >= 4 is 55.2 Å². The van der Waals surface area contributed by atoms with Crippen LogP contribution in [0.1, 0.15) is 48.0 Å². The van der Waals surface area contributed by atoms with Gasteiger partial charge in [0.1, 0.15) is 17.5 Å². The molecule has 2 aliphatic rings. The van der Waals surface area contributed by atoms with E-state index in [1.54, 1.807) is 16.7 Å². The number of thioether (sulfide) groups is 1. The first-order valence-electron chi connectivity index (χ1n) is 9.76. The quantitative estimate of drug-likeness (QED) is 0.231. The highest BCUT2D eigenvalue weighted by molar-refractivity contribution is 8.01. The molecule has 0 aromatic carbocycles. The number of hydrogen-bond donors (Lipinski definition) is 0. The normalized spacial score (nSPS) is 28.2. The summed E-state index contributed by atoms with van der Waals surface area (Å²) in [5.41, 5.74) is 0. The molecule has 9 heteroatoms. The monoisotopic (exact) mass is 469 g/mol. The van der Waals surface area contributed by atoms with Crippen LogP contribution in [0.2, 0.25) is 18.1 Å². The fourth-order valence-corrected chi connectivity index (χ4v) is 6.84. The molecule has 5 nitrogen and oxygen atoms in total. The Balaban J connectivity index is 2.18. The minimum Gasteiger partial charge on any atom is -0.461 e. The number of hydrogen-bond acceptors (Lipinski definition) is 5. The minimum absolute atomic E-state index is 0.0242. The molecule has 2 heterocycles. The Bertz CT molecular complexity index is 624. The van der Waals surface area contributed by atoms with Crippen molar-refractivity contribution in [2.45, 2.75) is 93.2 Å². The third-order valence-electron chi connectivity index (χ3n) is 6.11. The molecule has 1 amide bonds. The molecule has 0 aromatic rings. The number of amides is 1. The van der Waals surface area contributed by atoms with Crippen LogP contribution in [0.3, 0.4) is 0 Å². The van der Waals surface area contributed by atoms with E-state index in [2.05, 4.69) is 40.8 Å². The first-order chi connectivity index (χ1) is 12.6. The maximum Gasteiger partial charge on any atom is 0.330 e. The molecule has 1 unspecified atom stereocenters. The van der Waals surface area contributed by atoms with Crippen molar-refractivity contribution in [2.75, 3.05) is 6.61 Å². The van der Waals surface area contributed by atoms with E-state index in [-0.39, 0.29) is 34.9 Å². The summed E-state index contributed by atoms with van der Waals surface area (Å²) < 4.78 is 11.4. The van der Waals surface area contributed by atoms with Crippen molar-refractivity contribution in [3.8, 4) is 0 Å². The third-order valence-corrected chi connectivity index (χ3v) is 12.5. The fourth-order valence-electron chi connectivity index (χ4n) is 3.56. The van der Waals surface area contributed by atoms with Gasteiger partial charge < -0.3 is 14.1 Å². The number of ether oxygens (including phenoxy) is 1. The lowest BCUT2D eigenvalue weighted by molar-refractivity contribution is -0.170. The Morgan fingerprint density at radius 3 is 2.36 bits per heavy atom. The molecule has 0 radical (unpaired) electrons. The summed E-state index contributed by atoms with van der Waals surface area (Å²) in [5, 5.41) is -0.00126. The summed E-state index contributed by atoms with van der Waals surface area (Å²) in [5.74, 6) is -0.699. The number of alkyl halides is 2. The fraction of sp³-hybridized carbons (Fsp3) is 0.895.